The van der Waals surface area contributed by atoms with Crippen molar-refractivity contribution in [2.75, 3.05) is 49.6 Å². The van der Waals surface area contributed by atoms with Crippen LogP contribution in [0.4, 0.5) is 11.5 Å². The number of carbonyl (C=O) groups excluding carboxylic acids is 1. The number of anilines is 2. The molecule has 0 spiro atoms. The molecule has 0 atom stereocenters. The molecule has 1 aromatic heterocycles. The third-order valence-electron chi connectivity index (χ3n) is 5.06. The molecule has 1 fully saturated rings. The van der Waals surface area contributed by atoms with Crippen molar-refractivity contribution >= 4 is 29.1 Å². The van der Waals surface area contributed by atoms with E-state index in [-0.39, 0.29) is 17.9 Å². The zero-order valence-electron chi connectivity index (χ0n) is 15.7. The Bertz CT molecular complexity index is 945. The summed E-state index contributed by atoms with van der Waals surface area (Å²) in [4.78, 5) is 24.6. The van der Waals surface area contributed by atoms with Crippen LogP contribution in [0.15, 0.2) is 64.2 Å². The van der Waals surface area contributed by atoms with Crippen LogP contribution >= 0.6 is 11.8 Å². The first-order valence-electron chi connectivity index (χ1n) is 9.24. The fourth-order valence-electron chi connectivity index (χ4n) is 3.51. The number of fused-ring (bicyclic) bond motifs is 1. The van der Waals surface area contributed by atoms with Crippen molar-refractivity contribution in [2.45, 2.75) is 4.90 Å². The predicted molar refractivity (Wildman–Crippen MR) is 111 cm³/mol. The van der Waals surface area contributed by atoms with Crippen molar-refractivity contribution in [1.29, 1.82) is 5.26 Å². The van der Waals surface area contributed by atoms with E-state index < -0.39 is 0 Å². The Labute approximate surface area is 169 Å². The number of carbonyl (C=O) groups is 1. The molecule has 4 rings (SSSR count). The van der Waals surface area contributed by atoms with E-state index in [1.54, 1.807) is 6.20 Å². The fourth-order valence-corrected chi connectivity index (χ4v) is 4.67. The van der Waals surface area contributed by atoms with Gasteiger partial charge in [-0.3, -0.25) is 9.69 Å². The molecule has 2 aliphatic rings. The molecule has 7 heteroatoms. The Morgan fingerprint density at radius 1 is 1.14 bits per heavy atom. The number of ketones is 1. The summed E-state index contributed by atoms with van der Waals surface area (Å²) in [6.07, 6.45) is 1.80. The number of pyridine rings is 1. The number of nitriles is 1. The van der Waals surface area contributed by atoms with Crippen molar-refractivity contribution in [3.8, 4) is 6.07 Å². The zero-order valence-corrected chi connectivity index (χ0v) is 16.5. The SMILES string of the molecule is CN1/C(=C(\C#N)C(=O)CN2CCN(c3ccccn3)CC2)Sc2ccccc21. The summed E-state index contributed by atoms with van der Waals surface area (Å²) in [5.74, 6) is 0.853. The summed E-state index contributed by atoms with van der Waals surface area (Å²) < 4.78 is 0. The van der Waals surface area contributed by atoms with Gasteiger partial charge in [0.2, 0.25) is 0 Å². The number of para-hydroxylation sites is 1. The molecule has 2 aromatic rings. The van der Waals surface area contributed by atoms with Gasteiger partial charge in [-0.15, -0.1) is 0 Å². The van der Waals surface area contributed by atoms with Gasteiger partial charge in [0.1, 0.15) is 22.5 Å². The maximum atomic E-state index is 12.9. The lowest BCUT2D eigenvalue weighted by Gasteiger charge is -2.35. The molecule has 0 amide bonds. The Morgan fingerprint density at radius 2 is 1.89 bits per heavy atom. The largest absolute Gasteiger partial charge is 0.354 e. The number of benzene rings is 1. The van der Waals surface area contributed by atoms with Gasteiger partial charge in [-0.05, 0) is 24.3 Å². The van der Waals surface area contributed by atoms with Crippen LogP contribution in [0.1, 0.15) is 0 Å². The molecule has 6 nitrogen and oxygen atoms in total. The second-order valence-corrected chi connectivity index (χ2v) is 7.83. The first-order chi connectivity index (χ1) is 13.7. The Kier molecular flexibility index (Phi) is 5.33. The highest BCUT2D eigenvalue weighted by molar-refractivity contribution is 8.03. The van der Waals surface area contributed by atoms with Crippen molar-refractivity contribution in [3.05, 3.63) is 59.3 Å². The van der Waals surface area contributed by atoms with Gasteiger partial charge in [0.25, 0.3) is 0 Å². The van der Waals surface area contributed by atoms with Crippen molar-refractivity contribution < 1.29 is 4.79 Å². The van der Waals surface area contributed by atoms with Gasteiger partial charge < -0.3 is 9.80 Å². The van der Waals surface area contributed by atoms with Gasteiger partial charge >= 0.3 is 0 Å². The Balaban J connectivity index is 1.42. The number of rotatable bonds is 4. The van der Waals surface area contributed by atoms with Crippen LogP contribution in [-0.4, -0.2) is 55.4 Å². The summed E-state index contributed by atoms with van der Waals surface area (Å²) in [5.41, 5.74) is 1.28. The molecule has 142 valence electrons. The number of hydrogen-bond acceptors (Lipinski definition) is 7. The van der Waals surface area contributed by atoms with Gasteiger partial charge in [0, 0.05) is 44.3 Å². The monoisotopic (exact) mass is 391 g/mol. The van der Waals surface area contributed by atoms with Crippen LogP contribution in [0, 0.1) is 11.3 Å². The van der Waals surface area contributed by atoms with E-state index in [2.05, 4.69) is 20.9 Å². The maximum Gasteiger partial charge on any atom is 0.190 e. The number of nitrogens with zero attached hydrogens (tertiary/aromatic N) is 5. The molecule has 0 N–H and O–H groups in total. The minimum atomic E-state index is -0.115. The zero-order chi connectivity index (χ0) is 19.5. The Morgan fingerprint density at radius 3 is 2.57 bits per heavy atom. The number of thioether (sulfide) groups is 1. The lowest BCUT2D eigenvalue weighted by Crippen LogP contribution is -2.48. The van der Waals surface area contributed by atoms with E-state index in [1.165, 1.54) is 11.8 Å². The summed E-state index contributed by atoms with van der Waals surface area (Å²) in [6, 6.07) is 16.0. The molecule has 0 aliphatic carbocycles. The first-order valence-corrected chi connectivity index (χ1v) is 10.1. The summed E-state index contributed by atoms with van der Waals surface area (Å²) >= 11 is 1.49. The molecule has 28 heavy (non-hydrogen) atoms. The highest BCUT2D eigenvalue weighted by Gasteiger charge is 2.29. The highest BCUT2D eigenvalue weighted by atomic mass is 32.2. The summed E-state index contributed by atoms with van der Waals surface area (Å²) in [7, 11) is 1.91. The molecule has 3 heterocycles. The van der Waals surface area contributed by atoms with Gasteiger partial charge in [-0.2, -0.15) is 5.26 Å². The lowest BCUT2D eigenvalue weighted by atomic mass is 10.1. The van der Waals surface area contributed by atoms with Crippen LogP contribution in [-0.2, 0) is 4.79 Å². The smallest absolute Gasteiger partial charge is 0.190 e. The normalized spacial score (nSPS) is 18.6. The maximum absolute atomic E-state index is 12.9. The summed E-state index contributed by atoms with van der Waals surface area (Å²) in [5, 5.41) is 10.4. The second-order valence-electron chi connectivity index (χ2n) is 6.80. The third kappa shape index (κ3) is 3.61. The quantitative estimate of drug-likeness (QED) is 0.586. The molecule has 2 aliphatic heterocycles. The van der Waals surface area contributed by atoms with Gasteiger partial charge in [0.15, 0.2) is 5.78 Å². The third-order valence-corrected chi connectivity index (χ3v) is 6.29. The topological polar surface area (TPSA) is 63.5 Å². The highest BCUT2D eigenvalue weighted by Crippen LogP contribution is 2.46. The van der Waals surface area contributed by atoms with E-state index in [1.807, 2.05) is 54.4 Å². The molecule has 0 radical (unpaired) electrons. The van der Waals surface area contributed by atoms with Crippen molar-refractivity contribution in [3.63, 3.8) is 0 Å². The van der Waals surface area contributed by atoms with Crippen LogP contribution in [0.2, 0.25) is 0 Å². The minimum Gasteiger partial charge on any atom is -0.354 e. The van der Waals surface area contributed by atoms with Crippen molar-refractivity contribution in [2.24, 2.45) is 0 Å². The average molecular weight is 392 g/mol. The number of Topliss-reactive ketones (excluding diaryl/α,β-unsaturated/α-hetero) is 1. The predicted octanol–water partition coefficient (Wildman–Crippen LogP) is 2.75. The van der Waals surface area contributed by atoms with Gasteiger partial charge in [-0.1, -0.05) is 30.0 Å². The molecular formula is C21H21N5OS. The molecule has 0 saturated carbocycles. The van der Waals surface area contributed by atoms with E-state index in [0.29, 0.717) is 0 Å². The Hall–Kier alpha value is -2.82. The standard InChI is InChI=1S/C21H21N5OS/c1-24-17-6-2-3-7-19(17)28-21(24)16(14-22)18(27)15-25-10-12-26(13-11-25)20-8-4-5-9-23-20/h2-9H,10-13,15H2,1H3/b21-16-. The van der Waals surface area contributed by atoms with E-state index in [4.69, 9.17) is 0 Å². The lowest BCUT2D eigenvalue weighted by molar-refractivity contribution is -0.116. The molecule has 0 unspecified atom stereocenters. The van der Waals surface area contributed by atoms with Crippen LogP contribution in [0.3, 0.4) is 0 Å². The van der Waals surface area contributed by atoms with Crippen LogP contribution < -0.4 is 9.80 Å². The van der Waals surface area contributed by atoms with Gasteiger partial charge in [0.05, 0.1) is 12.2 Å². The number of aromatic nitrogens is 1. The van der Waals surface area contributed by atoms with Crippen LogP contribution in [0.25, 0.3) is 0 Å². The van der Waals surface area contributed by atoms with E-state index in [0.717, 1.165) is 47.6 Å². The minimum absolute atomic E-state index is 0.115. The molecular weight excluding hydrogens is 370 g/mol. The average Bonchev–Trinajstić information content (AvgIpc) is 3.06. The molecule has 1 saturated heterocycles. The van der Waals surface area contributed by atoms with Gasteiger partial charge in [-0.25, -0.2) is 4.98 Å². The summed E-state index contributed by atoms with van der Waals surface area (Å²) in [6.45, 7) is 3.47. The van der Waals surface area contributed by atoms with Crippen molar-refractivity contribution in [1.82, 2.24) is 9.88 Å². The van der Waals surface area contributed by atoms with Crippen LogP contribution in [0.5, 0.6) is 0 Å². The van der Waals surface area contributed by atoms with E-state index >= 15 is 0 Å². The number of hydrogen-bond donors (Lipinski definition) is 0. The second kappa shape index (κ2) is 8.05. The molecule has 1 aromatic carbocycles. The van der Waals surface area contributed by atoms with E-state index in [9.17, 15) is 10.1 Å². The first kappa shape index (κ1) is 18.5. The fraction of sp³-hybridized carbons (Fsp3) is 0.286. The molecule has 0 bridgehead atoms. The number of piperazine rings is 1.